The number of fused-ring (bicyclic) bond motifs is 2. The van der Waals surface area contributed by atoms with Crippen LogP contribution in [0.1, 0.15) is 0 Å². The number of anilines is 1. The minimum absolute atomic E-state index is 0.253. The lowest BCUT2D eigenvalue weighted by atomic mass is 10.1. The quantitative estimate of drug-likeness (QED) is 0.774. The SMILES string of the molecule is CNS(=O)(=O)N(C)c1ccc2ccc3ncc(Cl)cc3c(=O)c2c1. The summed E-state index contributed by atoms with van der Waals surface area (Å²) >= 11 is 5.95. The fourth-order valence-electron chi connectivity index (χ4n) is 2.44. The molecule has 0 spiro atoms. The Bertz CT molecular complexity index is 1120. The molecule has 0 atom stereocenters. The molecule has 0 radical (unpaired) electrons. The molecule has 0 saturated heterocycles. The fraction of sp³-hybridized carbons (Fsp3) is 0.125. The van der Waals surface area contributed by atoms with E-state index in [1.54, 1.807) is 36.4 Å². The summed E-state index contributed by atoms with van der Waals surface area (Å²) in [6.45, 7) is 0. The molecule has 2 aromatic carbocycles. The first-order valence-electron chi connectivity index (χ1n) is 7.03. The number of halogens is 1. The molecular formula is C16H14ClN3O3S. The van der Waals surface area contributed by atoms with Crippen LogP contribution in [0.3, 0.4) is 0 Å². The van der Waals surface area contributed by atoms with E-state index in [1.807, 2.05) is 0 Å². The van der Waals surface area contributed by atoms with Crippen LogP contribution in [0, 0.1) is 0 Å². The summed E-state index contributed by atoms with van der Waals surface area (Å²) in [6.07, 6.45) is 1.48. The number of benzene rings is 1. The summed E-state index contributed by atoms with van der Waals surface area (Å²) in [5, 5.41) is 1.83. The maximum Gasteiger partial charge on any atom is 0.301 e. The number of aromatic nitrogens is 1. The van der Waals surface area contributed by atoms with Crippen LogP contribution in [-0.4, -0.2) is 27.5 Å². The number of nitrogens with zero attached hydrogens (tertiary/aromatic N) is 2. The fourth-order valence-corrected chi connectivity index (χ4v) is 3.26. The molecular weight excluding hydrogens is 350 g/mol. The van der Waals surface area contributed by atoms with Gasteiger partial charge in [-0.15, -0.1) is 0 Å². The van der Waals surface area contributed by atoms with E-state index in [9.17, 15) is 13.2 Å². The molecule has 0 aliphatic carbocycles. The Balaban J connectivity index is 2.35. The van der Waals surface area contributed by atoms with Gasteiger partial charge in [0.05, 0.1) is 16.2 Å². The second kappa shape index (κ2) is 6.01. The van der Waals surface area contributed by atoms with Crippen molar-refractivity contribution in [3.63, 3.8) is 0 Å². The zero-order chi connectivity index (χ0) is 17.5. The summed E-state index contributed by atoms with van der Waals surface area (Å²) in [7, 11) is -0.911. The first kappa shape index (κ1) is 16.6. The highest BCUT2D eigenvalue weighted by molar-refractivity contribution is 7.90. The van der Waals surface area contributed by atoms with Crippen molar-refractivity contribution in [3.8, 4) is 0 Å². The van der Waals surface area contributed by atoms with E-state index in [1.165, 1.54) is 20.3 Å². The summed E-state index contributed by atoms with van der Waals surface area (Å²) in [5.74, 6) is 0. The van der Waals surface area contributed by atoms with E-state index in [0.29, 0.717) is 32.4 Å². The predicted octanol–water partition coefficient (Wildman–Crippen LogP) is 2.30. The van der Waals surface area contributed by atoms with Gasteiger partial charge in [-0.25, -0.2) is 4.72 Å². The summed E-state index contributed by atoms with van der Waals surface area (Å²) in [4.78, 5) is 17.0. The van der Waals surface area contributed by atoms with Crippen molar-refractivity contribution in [2.75, 3.05) is 18.4 Å². The maximum absolute atomic E-state index is 12.9. The zero-order valence-corrected chi connectivity index (χ0v) is 14.5. The molecule has 124 valence electrons. The van der Waals surface area contributed by atoms with Crippen molar-refractivity contribution >= 4 is 49.2 Å². The predicted molar refractivity (Wildman–Crippen MR) is 96.9 cm³/mol. The molecule has 3 aromatic rings. The van der Waals surface area contributed by atoms with Gasteiger partial charge < -0.3 is 0 Å². The highest BCUT2D eigenvalue weighted by atomic mass is 35.5. The Kier molecular flexibility index (Phi) is 4.16. The van der Waals surface area contributed by atoms with Crippen molar-refractivity contribution in [1.82, 2.24) is 9.71 Å². The van der Waals surface area contributed by atoms with Crippen LogP contribution in [0.2, 0.25) is 5.02 Å². The van der Waals surface area contributed by atoms with E-state index in [2.05, 4.69) is 9.71 Å². The number of hydrogen-bond acceptors (Lipinski definition) is 4. The van der Waals surface area contributed by atoms with Crippen LogP contribution in [0.15, 0.2) is 47.4 Å². The zero-order valence-electron chi connectivity index (χ0n) is 12.9. The third-order valence-electron chi connectivity index (χ3n) is 3.81. The second-order valence-corrected chi connectivity index (χ2v) is 7.54. The molecule has 0 unspecified atom stereocenters. The van der Waals surface area contributed by atoms with Gasteiger partial charge in [-0.1, -0.05) is 23.7 Å². The lowest BCUT2D eigenvalue weighted by Crippen LogP contribution is -2.35. The van der Waals surface area contributed by atoms with Gasteiger partial charge in [0.15, 0.2) is 5.43 Å². The molecule has 6 nitrogen and oxygen atoms in total. The van der Waals surface area contributed by atoms with Crippen LogP contribution >= 0.6 is 11.6 Å². The van der Waals surface area contributed by atoms with Gasteiger partial charge in [0.2, 0.25) is 0 Å². The average molecular weight is 364 g/mol. The molecule has 3 rings (SSSR count). The maximum atomic E-state index is 12.9. The van der Waals surface area contributed by atoms with Crippen LogP contribution in [0.5, 0.6) is 0 Å². The van der Waals surface area contributed by atoms with Gasteiger partial charge in [-0.3, -0.25) is 14.1 Å². The van der Waals surface area contributed by atoms with E-state index < -0.39 is 10.2 Å². The first-order chi connectivity index (χ1) is 11.3. The smallest absolute Gasteiger partial charge is 0.289 e. The van der Waals surface area contributed by atoms with Gasteiger partial charge in [0, 0.05) is 31.1 Å². The summed E-state index contributed by atoms with van der Waals surface area (Å²) in [5.41, 5.74) is 0.652. The van der Waals surface area contributed by atoms with Gasteiger partial charge in [-0.05, 0) is 29.7 Å². The molecule has 8 heteroatoms. The summed E-state index contributed by atoms with van der Waals surface area (Å²) in [6, 6.07) is 9.97. The lowest BCUT2D eigenvalue weighted by molar-refractivity contribution is 0.586. The second-order valence-electron chi connectivity index (χ2n) is 5.20. The highest BCUT2D eigenvalue weighted by Gasteiger charge is 2.16. The van der Waals surface area contributed by atoms with Crippen molar-refractivity contribution in [1.29, 1.82) is 0 Å². The minimum atomic E-state index is -3.65. The van der Waals surface area contributed by atoms with Gasteiger partial charge in [0.1, 0.15) is 0 Å². The monoisotopic (exact) mass is 363 g/mol. The number of nitrogens with one attached hydrogen (secondary N) is 1. The molecule has 0 fully saturated rings. The first-order valence-corrected chi connectivity index (χ1v) is 8.85. The van der Waals surface area contributed by atoms with Crippen molar-refractivity contribution in [3.05, 3.63) is 57.8 Å². The lowest BCUT2D eigenvalue weighted by Gasteiger charge is -2.18. The van der Waals surface area contributed by atoms with Crippen LogP contribution in [-0.2, 0) is 10.2 Å². The molecule has 1 aromatic heterocycles. The number of pyridine rings is 1. The average Bonchev–Trinajstić information content (AvgIpc) is 2.71. The molecule has 0 bridgehead atoms. The summed E-state index contributed by atoms with van der Waals surface area (Å²) < 4.78 is 27.2. The molecule has 0 amide bonds. The van der Waals surface area contributed by atoms with E-state index in [-0.39, 0.29) is 5.43 Å². The van der Waals surface area contributed by atoms with Gasteiger partial charge in [0.25, 0.3) is 0 Å². The Morgan fingerprint density at radius 2 is 1.83 bits per heavy atom. The number of rotatable bonds is 3. The van der Waals surface area contributed by atoms with Crippen molar-refractivity contribution in [2.45, 2.75) is 0 Å². The van der Waals surface area contributed by atoms with Crippen LogP contribution in [0.25, 0.3) is 21.7 Å². The normalized spacial score (nSPS) is 11.8. The molecule has 1 N–H and O–H groups in total. The van der Waals surface area contributed by atoms with Crippen LogP contribution < -0.4 is 14.5 Å². The topological polar surface area (TPSA) is 79.4 Å². The van der Waals surface area contributed by atoms with Crippen molar-refractivity contribution in [2.24, 2.45) is 0 Å². The van der Waals surface area contributed by atoms with Crippen molar-refractivity contribution < 1.29 is 8.42 Å². The minimum Gasteiger partial charge on any atom is -0.289 e. The highest BCUT2D eigenvalue weighted by Crippen LogP contribution is 2.22. The number of hydrogen-bond donors (Lipinski definition) is 1. The van der Waals surface area contributed by atoms with Crippen LogP contribution in [0.4, 0.5) is 5.69 Å². The molecule has 0 saturated carbocycles. The largest absolute Gasteiger partial charge is 0.301 e. The standard InChI is InChI=1S/C16H14ClN3O3S/c1-18-24(22,23)20(2)12-5-3-10-4-6-15-14(7-11(17)9-19-15)16(21)13(10)8-12/h3-9,18H,1-2H3. The molecule has 1 heterocycles. The van der Waals surface area contributed by atoms with Gasteiger partial charge >= 0.3 is 10.2 Å². The molecule has 24 heavy (non-hydrogen) atoms. The Morgan fingerprint density at radius 3 is 2.54 bits per heavy atom. The van der Waals surface area contributed by atoms with Gasteiger partial charge in [-0.2, -0.15) is 8.42 Å². The Morgan fingerprint density at radius 1 is 1.12 bits per heavy atom. The third-order valence-corrected chi connectivity index (χ3v) is 5.47. The molecule has 0 aliphatic heterocycles. The molecule has 0 aliphatic rings. The van der Waals surface area contributed by atoms with E-state index in [4.69, 9.17) is 11.6 Å². The Hall–Kier alpha value is -2.22. The van der Waals surface area contributed by atoms with E-state index in [0.717, 1.165) is 4.31 Å². The third kappa shape index (κ3) is 2.82. The van der Waals surface area contributed by atoms with E-state index >= 15 is 0 Å². The Labute approximate surface area is 143 Å².